The molecular formula is C12H22N4O6. The number of amides is 3. The molecule has 0 heterocycles. The first-order valence-electron chi connectivity index (χ1n) is 6.63. The Kier molecular flexibility index (Phi) is 8.72. The van der Waals surface area contributed by atoms with Crippen LogP contribution < -0.4 is 21.7 Å². The number of nitrogens with two attached hydrogens (primary N) is 1. The zero-order valence-electron chi connectivity index (χ0n) is 12.5. The van der Waals surface area contributed by atoms with Crippen LogP contribution in [0.3, 0.4) is 0 Å². The third kappa shape index (κ3) is 6.99. The lowest BCUT2D eigenvalue weighted by Crippen LogP contribution is -2.55. The van der Waals surface area contributed by atoms with Crippen molar-refractivity contribution in [2.45, 2.75) is 25.9 Å². The second kappa shape index (κ2) is 9.68. The molecule has 126 valence electrons. The lowest BCUT2D eigenvalue weighted by atomic mass is 10.0. The predicted molar refractivity (Wildman–Crippen MR) is 75.5 cm³/mol. The maximum absolute atomic E-state index is 12.0. The Bertz CT molecular complexity index is 426. The van der Waals surface area contributed by atoms with Crippen LogP contribution in [-0.2, 0) is 19.2 Å². The van der Waals surface area contributed by atoms with Crippen LogP contribution in [-0.4, -0.2) is 65.7 Å². The van der Waals surface area contributed by atoms with Gasteiger partial charge in [-0.2, -0.15) is 0 Å². The normalized spacial score (nSPS) is 13.1. The molecule has 0 aliphatic carbocycles. The quantitative estimate of drug-likeness (QED) is 0.259. The van der Waals surface area contributed by atoms with Crippen molar-refractivity contribution in [3.05, 3.63) is 0 Å². The molecule has 2 unspecified atom stereocenters. The number of carbonyl (C=O) groups is 4. The summed E-state index contributed by atoms with van der Waals surface area (Å²) in [7, 11) is 0. The van der Waals surface area contributed by atoms with Gasteiger partial charge in [0, 0.05) is 0 Å². The van der Waals surface area contributed by atoms with Gasteiger partial charge in [0.05, 0.1) is 19.7 Å². The van der Waals surface area contributed by atoms with Crippen LogP contribution in [0.5, 0.6) is 0 Å². The van der Waals surface area contributed by atoms with E-state index in [-0.39, 0.29) is 19.0 Å². The van der Waals surface area contributed by atoms with E-state index in [9.17, 15) is 19.2 Å². The van der Waals surface area contributed by atoms with Crippen LogP contribution >= 0.6 is 0 Å². The van der Waals surface area contributed by atoms with Gasteiger partial charge < -0.3 is 31.9 Å². The minimum atomic E-state index is -1.46. The van der Waals surface area contributed by atoms with Gasteiger partial charge in [0.2, 0.25) is 17.7 Å². The first-order valence-corrected chi connectivity index (χ1v) is 6.63. The largest absolute Gasteiger partial charge is 0.480 e. The summed E-state index contributed by atoms with van der Waals surface area (Å²) in [6.07, 6.45) is 0. The Morgan fingerprint density at radius 3 is 2.09 bits per heavy atom. The summed E-state index contributed by atoms with van der Waals surface area (Å²) in [6.45, 7) is 1.91. The first kappa shape index (κ1) is 19.8. The molecule has 0 aromatic carbocycles. The van der Waals surface area contributed by atoms with Crippen LogP contribution in [0.15, 0.2) is 0 Å². The smallest absolute Gasteiger partial charge is 0.328 e. The van der Waals surface area contributed by atoms with Crippen molar-refractivity contribution in [3.8, 4) is 0 Å². The molecule has 7 N–H and O–H groups in total. The Balaban J connectivity index is 4.65. The van der Waals surface area contributed by atoms with E-state index in [1.54, 1.807) is 13.8 Å². The fraction of sp³-hybridized carbons (Fsp3) is 0.667. The van der Waals surface area contributed by atoms with Crippen molar-refractivity contribution in [2.24, 2.45) is 11.7 Å². The van der Waals surface area contributed by atoms with Crippen LogP contribution in [0, 0.1) is 5.92 Å². The van der Waals surface area contributed by atoms with E-state index in [2.05, 4.69) is 16.0 Å². The molecule has 0 saturated heterocycles. The highest BCUT2D eigenvalue weighted by atomic mass is 16.4. The average Bonchev–Trinajstić information content (AvgIpc) is 2.46. The van der Waals surface area contributed by atoms with Gasteiger partial charge in [-0.3, -0.25) is 14.4 Å². The standard InChI is InChI=1S/C12H22N4O6/c1-6(2)10(11(20)15-7(5-17)12(21)22)16-9(19)4-14-8(18)3-13/h6-7,10,17H,3-5,13H2,1-2H3,(H,14,18)(H,15,20)(H,16,19)(H,21,22). The van der Waals surface area contributed by atoms with E-state index in [1.807, 2.05) is 0 Å². The molecule has 3 amide bonds. The van der Waals surface area contributed by atoms with E-state index < -0.39 is 42.4 Å². The van der Waals surface area contributed by atoms with E-state index in [0.717, 1.165) is 0 Å². The van der Waals surface area contributed by atoms with E-state index in [0.29, 0.717) is 0 Å². The number of aliphatic carboxylic acids is 1. The van der Waals surface area contributed by atoms with Gasteiger partial charge in [-0.25, -0.2) is 4.79 Å². The van der Waals surface area contributed by atoms with Crippen LogP contribution in [0.2, 0.25) is 0 Å². The van der Waals surface area contributed by atoms with Crippen molar-refractivity contribution in [2.75, 3.05) is 19.7 Å². The highest BCUT2D eigenvalue weighted by molar-refractivity contribution is 5.92. The van der Waals surface area contributed by atoms with Gasteiger partial charge >= 0.3 is 5.97 Å². The number of hydrogen-bond donors (Lipinski definition) is 6. The molecule has 2 atom stereocenters. The molecular weight excluding hydrogens is 296 g/mol. The monoisotopic (exact) mass is 318 g/mol. The maximum atomic E-state index is 12.0. The van der Waals surface area contributed by atoms with Gasteiger partial charge in [0.1, 0.15) is 12.1 Å². The van der Waals surface area contributed by atoms with Gasteiger partial charge in [-0.15, -0.1) is 0 Å². The molecule has 0 rings (SSSR count). The molecule has 0 spiro atoms. The molecule has 0 saturated carbocycles. The molecule has 10 heteroatoms. The molecule has 0 radical (unpaired) electrons. The number of aliphatic hydroxyl groups is 1. The fourth-order valence-corrected chi connectivity index (χ4v) is 1.46. The van der Waals surface area contributed by atoms with Crippen LogP contribution in [0.1, 0.15) is 13.8 Å². The lowest BCUT2D eigenvalue weighted by molar-refractivity contribution is -0.143. The summed E-state index contributed by atoms with van der Waals surface area (Å²) in [5, 5.41) is 24.4. The Morgan fingerprint density at radius 2 is 1.68 bits per heavy atom. The summed E-state index contributed by atoms with van der Waals surface area (Å²) < 4.78 is 0. The Labute approximate surface area is 127 Å². The molecule has 0 bridgehead atoms. The van der Waals surface area contributed by atoms with Crippen molar-refractivity contribution in [1.82, 2.24) is 16.0 Å². The predicted octanol–water partition coefficient (Wildman–Crippen LogP) is -3.24. The van der Waals surface area contributed by atoms with Crippen LogP contribution in [0.25, 0.3) is 0 Å². The van der Waals surface area contributed by atoms with Gasteiger partial charge in [0.15, 0.2) is 0 Å². The molecule has 0 aliphatic rings. The maximum Gasteiger partial charge on any atom is 0.328 e. The van der Waals surface area contributed by atoms with E-state index >= 15 is 0 Å². The van der Waals surface area contributed by atoms with Gasteiger partial charge in [-0.05, 0) is 5.92 Å². The zero-order chi connectivity index (χ0) is 17.3. The fourth-order valence-electron chi connectivity index (χ4n) is 1.46. The number of carbonyl (C=O) groups excluding carboxylic acids is 3. The minimum absolute atomic E-state index is 0.266. The molecule has 0 aromatic heterocycles. The van der Waals surface area contributed by atoms with Crippen molar-refractivity contribution in [1.29, 1.82) is 0 Å². The average molecular weight is 318 g/mol. The molecule has 0 aromatic rings. The number of rotatable bonds is 9. The number of carboxylic acids is 1. The first-order chi connectivity index (χ1) is 10.2. The number of nitrogens with one attached hydrogen (secondary N) is 3. The second-order valence-electron chi connectivity index (χ2n) is 4.85. The third-order valence-electron chi connectivity index (χ3n) is 2.69. The zero-order valence-corrected chi connectivity index (χ0v) is 12.5. The van der Waals surface area contributed by atoms with Gasteiger partial charge in [0.25, 0.3) is 0 Å². The van der Waals surface area contributed by atoms with Crippen molar-refractivity contribution < 1.29 is 29.4 Å². The number of aliphatic hydroxyl groups excluding tert-OH is 1. The highest BCUT2D eigenvalue weighted by Crippen LogP contribution is 2.02. The Hall–Kier alpha value is -2.20. The van der Waals surface area contributed by atoms with Crippen molar-refractivity contribution in [3.63, 3.8) is 0 Å². The van der Waals surface area contributed by atoms with Crippen molar-refractivity contribution >= 4 is 23.7 Å². The summed E-state index contributed by atoms with van der Waals surface area (Å²) >= 11 is 0. The highest BCUT2D eigenvalue weighted by Gasteiger charge is 2.28. The molecule has 0 fully saturated rings. The summed E-state index contributed by atoms with van der Waals surface area (Å²) in [5.41, 5.74) is 5.07. The summed E-state index contributed by atoms with van der Waals surface area (Å²) in [5.74, 6) is -3.60. The SMILES string of the molecule is CC(C)C(NC(=O)CNC(=O)CN)C(=O)NC(CO)C(=O)O. The third-order valence-corrected chi connectivity index (χ3v) is 2.69. The second-order valence-corrected chi connectivity index (χ2v) is 4.85. The van der Waals surface area contributed by atoms with Gasteiger partial charge in [-0.1, -0.05) is 13.8 Å². The Morgan fingerprint density at radius 1 is 1.09 bits per heavy atom. The number of carboxylic acid groups (broad SMARTS) is 1. The lowest BCUT2D eigenvalue weighted by Gasteiger charge is -2.23. The van der Waals surface area contributed by atoms with E-state index in [1.165, 1.54) is 0 Å². The topological polar surface area (TPSA) is 171 Å². The molecule has 0 aliphatic heterocycles. The summed E-state index contributed by atoms with van der Waals surface area (Å²) in [4.78, 5) is 45.4. The molecule has 22 heavy (non-hydrogen) atoms. The molecule has 10 nitrogen and oxygen atoms in total. The van der Waals surface area contributed by atoms with E-state index in [4.69, 9.17) is 15.9 Å². The number of hydrogen-bond acceptors (Lipinski definition) is 6. The van der Waals surface area contributed by atoms with Crippen LogP contribution in [0.4, 0.5) is 0 Å². The minimum Gasteiger partial charge on any atom is -0.480 e. The summed E-state index contributed by atoms with van der Waals surface area (Å²) in [6, 6.07) is -2.46.